The van der Waals surface area contributed by atoms with E-state index in [-0.39, 0.29) is 18.6 Å². The van der Waals surface area contributed by atoms with Crippen molar-refractivity contribution in [1.82, 2.24) is 4.90 Å². The van der Waals surface area contributed by atoms with Gasteiger partial charge in [-0.05, 0) is 37.0 Å². The lowest BCUT2D eigenvalue weighted by molar-refractivity contribution is -0.149. The molecule has 2 rings (SSSR count). The third kappa shape index (κ3) is 4.68. The molecule has 0 radical (unpaired) electrons. The molecular formula is C18H21NO3S2. The van der Waals surface area contributed by atoms with Crippen LogP contribution in [0.25, 0.3) is 6.08 Å². The molecule has 1 amide bonds. The molecule has 24 heavy (non-hydrogen) atoms. The predicted octanol–water partition coefficient (Wildman–Crippen LogP) is 3.96. The van der Waals surface area contributed by atoms with Crippen LogP contribution < -0.4 is 0 Å². The average molecular weight is 364 g/mol. The van der Waals surface area contributed by atoms with Crippen molar-refractivity contribution in [3.63, 3.8) is 0 Å². The van der Waals surface area contributed by atoms with Gasteiger partial charge in [-0.15, -0.1) is 0 Å². The molecule has 0 aromatic heterocycles. The van der Waals surface area contributed by atoms with Crippen molar-refractivity contribution < 1.29 is 14.3 Å². The van der Waals surface area contributed by atoms with Crippen molar-refractivity contribution in [3.05, 3.63) is 40.3 Å². The zero-order valence-electron chi connectivity index (χ0n) is 14.2. The number of rotatable bonds is 5. The second-order valence-electron chi connectivity index (χ2n) is 6.13. The Hall–Kier alpha value is -1.66. The van der Waals surface area contributed by atoms with E-state index >= 15 is 0 Å². The number of esters is 1. The Balaban J connectivity index is 2.11. The summed E-state index contributed by atoms with van der Waals surface area (Å²) >= 11 is 6.43. The molecule has 1 aromatic rings. The van der Waals surface area contributed by atoms with Crippen LogP contribution in [-0.2, 0) is 14.3 Å². The van der Waals surface area contributed by atoms with Gasteiger partial charge in [0.15, 0.2) is 0 Å². The fourth-order valence-corrected chi connectivity index (χ4v) is 3.45. The van der Waals surface area contributed by atoms with Gasteiger partial charge >= 0.3 is 5.97 Å². The van der Waals surface area contributed by atoms with E-state index in [2.05, 4.69) is 26.0 Å². The number of thiocarbonyl (C=S) groups is 1. The number of thioether (sulfide) groups is 1. The normalized spacial score (nSPS) is 16.6. The van der Waals surface area contributed by atoms with Gasteiger partial charge < -0.3 is 4.74 Å². The Morgan fingerprint density at radius 3 is 2.42 bits per heavy atom. The van der Waals surface area contributed by atoms with Crippen LogP contribution in [0.1, 0.15) is 44.7 Å². The molecule has 1 aliphatic heterocycles. The van der Waals surface area contributed by atoms with E-state index in [0.717, 1.165) is 5.56 Å². The highest BCUT2D eigenvalue weighted by Crippen LogP contribution is 2.32. The van der Waals surface area contributed by atoms with Crippen LogP contribution in [0.4, 0.5) is 0 Å². The van der Waals surface area contributed by atoms with Crippen molar-refractivity contribution >= 4 is 46.3 Å². The smallest absolute Gasteiger partial charge is 0.326 e. The summed E-state index contributed by atoms with van der Waals surface area (Å²) < 4.78 is 5.46. The first-order valence-electron chi connectivity index (χ1n) is 7.82. The molecule has 0 bridgehead atoms. The molecule has 1 aliphatic rings. The van der Waals surface area contributed by atoms with Crippen molar-refractivity contribution in [1.29, 1.82) is 0 Å². The molecule has 0 spiro atoms. The lowest BCUT2D eigenvalue weighted by Crippen LogP contribution is -2.35. The summed E-state index contributed by atoms with van der Waals surface area (Å²) in [5, 5.41) is 0. The Morgan fingerprint density at radius 1 is 1.25 bits per heavy atom. The van der Waals surface area contributed by atoms with Gasteiger partial charge in [0.1, 0.15) is 10.9 Å². The van der Waals surface area contributed by atoms with Gasteiger partial charge in [-0.1, -0.05) is 62.1 Å². The molecular weight excluding hydrogens is 342 g/mol. The number of ether oxygens (including phenoxy) is 1. The minimum Gasteiger partial charge on any atom is -0.462 e. The minimum absolute atomic E-state index is 0.146. The number of carbonyl (C=O) groups is 2. The van der Waals surface area contributed by atoms with E-state index < -0.39 is 5.97 Å². The van der Waals surface area contributed by atoms with E-state index in [1.54, 1.807) is 19.9 Å². The summed E-state index contributed by atoms with van der Waals surface area (Å²) in [5.41, 5.74) is 2.18. The zero-order valence-corrected chi connectivity index (χ0v) is 15.9. The number of benzene rings is 1. The monoisotopic (exact) mass is 363 g/mol. The minimum atomic E-state index is -0.455. The first-order valence-corrected chi connectivity index (χ1v) is 9.05. The lowest BCUT2D eigenvalue weighted by atomic mass is 10.0. The van der Waals surface area contributed by atoms with Crippen LogP contribution >= 0.6 is 24.0 Å². The lowest BCUT2D eigenvalue weighted by Gasteiger charge is -2.14. The molecule has 0 unspecified atom stereocenters. The largest absolute Gasteiger partial charge is 0.462 e. The molecule has 0 atom stereocenters. The predicted molar refractivity (Wildman–Crippen MR) is 102 cm³/mol. The van der Waals surface area contributed by atoms with Crippen molar-refractivity contribution in [2.75, 3.05) is 6.54 Å². The first-order chi connectivity index (χ1) is 11.3. The van der Waals surface area contributed by atoms with Crippen LogP contribution in [0.2, 0.25) is 0 Å². The second kappa shape index (κ2) is 7.94. The molecule has 1 aromatic carbocycles. The number of carbonyl (C=O) groups excluding carboxylic acids is 2. The van der Waals surface area contributed by atoms with E-state index in [1.807, 2.05) is 12.1 Å². The van der Waals surface area contributed by atoms with Gasteiger partial charge in [0.05, 0.1) is 11.0 Å². The molecule has 4 nitrogen and oxygen atoms in total. The Kier molecular flexibility index (Phi) is 6.18. The molecule has 1 fully saturated rings. The summed E-state index contributed by atoms with van der Waals surface area (Å²) in [7, 11) is 0. The maximum atomic E-state index is 12.5. The molecule has 128 valence electrons. The van der Waals surface area contributed by atoms with Crippen LogP contribution in [0.5, 0.6) is 0 Å². The van der Waals surface area contributed by atoms with Crippen LogP contribution in [-0.4, -0.2) is 33.7 Å². The number of hydrogen-bond donors (Lipinski definition) is 0. The molecule has 0 N–H and O–H groups in total. The van der Waals surface area contributed by atoms with Crippen LogP contribution in [0, 0.1) is 0 Å². The SMILES string of the molecule is CC(C)OC(=O)CN1C(=O)C(=Cc2ccc(C(C)C)cc2)SC1=S. The maximum absolute atomic E-state index is 12.5. The first kappa shape index (κ1) is 18.7. The highest BCUT2D eigenvalue weighted by molar-refractivity contribution is 8.26. The van der Waals surface area contributed by atoms with Gasteiger partial charge in [-0.25, -0.2) is 0 Å². The third-order valence-corrected chi connectivity index (χ3v) is 4.81. The van der Waals surface area contributed by atoms with Gasteiger partial charge in [-0.3, -0.25) is 14.5 Å². The van der Waals surface area contributed by atoms with E-state index in [4.69, 9.17) is 17.0 Å². The summed E-state index contributed by atoms with van der Waals surface area (Å²) in [6.07, 6.45) is 1.59. The Morgan fingerprint density at radius 2 is 1.88 bits per heavy atom. The zero-order chi connectivity index (χ0) is 17.9. The molecule has 6 heteroatoms. The Labute approximate surface area is 152 Å². The molecule has 1 saturated heterocycles. The fourth-order valence-electron chi connectivity index (χ4n) is 2.19. The van der Waals surface area contributed by atoms with E-state index in [1.165, 1.54) is 22.2 Å². The summed E-state index contributed by atoms with van der Waals surface area (Å²) in [6, 6.07) is 8.07. The van der Waals surface area contributed by atoms with Crippen molar-refractivity contribution in [2.45, 2.75) is 39.7 Å². The van der Waals surface area contributed by atoms with E-state index in [9.17, 15) is 9.59 Å². The summed E-state index contributed by atoms with van der Waals surface area (Å²) in [6.45, 7) is 7.66. The summed E-state index contributed by atoms with van der Waals surface area (Å²) in [4.78, 5) is 26.0. The maximum Gasteiger partial charge on any atom is 0.326 e. The standard InChI is InChI=1S/C18H21NO3S2/c1-11(2)14-7-5-13(6-8-14)9-15-17(21)19(18(23)24-15)10-16(20)22-12(3)4/h5-9,11-12H,10H2,1-4H3. The third-order valence-electron chi connectivity index (χ3n) is 3.43. The fraction of sp³-hybridized carbons (Fsp3) is 0.389. The molecule has 0 saturated carbocycles. The second-order valence-corrected chi connectivity index (χ2v) is 7.80. The number of amides is 1. The molecule has 0 aliphatic carbocycles. The average Bonchev–Trinajstić information content (AvgIpc) is 2.74. The van der Waals surface area contributed by atoms with E-state index in [0.29, 0.717) is 15.1 Å². The number of nitrogens with zero attached hydrogens (tertiary/aromatic N) is 1. The highest BCUT2D eigenvalue weighted by Gasteiger charge is 2.33. The van der Waals surface area contributed by atoms with Crippen molar-refractivity contribution in [2.24, 2.45) is 0 Å². The topological polar surface area (TPSA) is 46.6 Å². The molecule has 1 heterocycles. The van der Waals surface area contributed by atoms with Gasteiger partial charge in [0, 0.05) is 0 Å². The van der Waals surface area contributed by atoms with Gasteiger partial charge in [-0.2, -0.15) is 0 Å². The highest BCUT2D eigenvalue weighted by atomic mass is 32.2. The van der Waals surface area contributed by atoms with Gasteiger partial charge in [0.2, 0.25) is 0 Å². The van der Waals surface area contributed by atoms with Gasteiger partial charge in [0.25, 0.3) is 5.91 Å². The Bertz CT molecular complexity index is 678. The quantitative estimate of drug-likeness (QED) is 0.450. The number of hydrogen-bond acceptors (Lipinski definition) is 5. The van der Waals surface area contributed by atoms with Crippen LogP contribution in [0.3, 0.4) is 0 Å². The van der Waals surface area contributed by atoms with Crippen molar-refractivity contribution in [3.8, 4) is 0 Å². The van der Waals surface area contributed by atoms with Crippen LogP contribution in [0.15, 0.2) is 29.2 Å². The summed E-state index contributed by atoms with van der Waals surface area (Å²) in [5.74, 6) is -0.244.